The van der Waals surface area contributed by atoms with Crippen LogP contribution in [-0.4, -0.2) is 38.4 Å². The molecule has 8 heteroatoms. The third-order valence-corrected chi connectivity index (χ3v) is 9.62. The van der Waals surface area contributed by atoms with Gasteiger partial charge >= 0.3 is 11.9 Å². The average Bonchev–Trinajstić information content (AvgIpc) is 3.22. The van der Waals surface area contributed by atoms with Crippen molar-refractivity contribution < 1.29 is 38.0 Å². The Kier molecular flexibility index (Phi) is 13.9. The summed E-state index contributed by atoms with van der Waals surface area (Å²) in [5.74, 6) is 2.11. The van der Waals surface area contributed by atoms with Gasteiger partial charge in [0.2, 0.25) is 0 Å². The summed E-state index contributed by atoms with van der Waals surface area (Å²) in [7, 11) is 0. The van der Waals surface area contributed by atoms with E-state index in [2.05, 4.69) is 24.3 Å². The molecule has 0 fully saturated rings. The molecule has 0 saturated heterocycles. The molecule has 0 saturated carbocycles. The fraction of sp³-hybridized carbons (Fsp3) is 0.240. The minimum atomic E-state index is -0.427. The molecular weight excluding hydrogens is 729 g/mol. The van der Waals surface area contributed by atoms with Gasteiger partial charge in [-0.25, -0.2) is 9.59 Å². The normalized spacial score (nSPS) is 11.7. The fourth-order valence-corrected chi connectivity index (χ4v) is 6.60. The zero-order valence-electron chi connectivity index (χ0n) is 34.1. The number of aryl methyl sites for hydroxylation is 4. The third kappa shape index (κ3) is 10.9. The molecule has 6 aromatic rings. The smallest absolute Gasteiger partial charge is 0.336 e. The summed E-state index contributed by atoms with van der Waals surface area (Å²) >= 11 is 0. The van der Waals surface area contributed by atoms with E-state index in [1.807, 2.05) is 113 Å². The molecule has 6 aromatic carbocycles. The van der Waals surface area contributed by atoms with E-state index in [9.17, 15) is 9.59 Å². The number of carbonyl (C=O) groups is 2. The summed E-state index contributed by atoms with van der Waals surface area (Å²) in [6, 6.07) is 36.1. The molecule has 8 nitrogen and oxygen atoms in total. The fourth-order valence-electron chi connectivity index (χ4n) is 6.60. The Morgan fingerprint density at radius 2 is 0.828 bits per heavy atom. The Labute approximate surface area is 340 Å². The van der Waals surface area contributed by atoms with Gasteiger partial charge in [-0.15, -0.1) is 0 Å². The Balaban J connectivity index is 0.919. The Morgan fingerprint density at radius 1 is 0.466 bits per heavy atom. The van der Waals surface area contributed by atoms with Crippen LogP contribution in [0.3, 0.4) is 0 Å². The maximum absolute atomic E-state index is 12.5. The molecule has 0 aromatic heterocycles. The van der Waals surface area contributed by atoms with Crippen LogP contribution in [0.5, 0.6) is 23.0 Å². The van der Waals surface area contributed by atoms with Gasteiger partial charge in [-0.2, -0.15) is 0 Å². The number of rotatable bonds is 17. The van der Waals surface area contributed by atoms with Crippen molar-refractivity contribution in [2.45, 2.75) is 54.4 Å². The molecule has 6 rings (SSSR count). The lowest BCUT2D eigenvalue weighted by atomic mass is 9.96. The maximum Gasteiger partial charge on any atom is 0.336 e. The lowest BCUT2D eigenvalue weighted by Crippen LogP contribution is -2.11. The van der Waals surface area contributed by atoms with Crippen LogP contribution in [0.2, 0.25) is 0 Å². The molecule has 0 amide bonds. The quantitative estimate of drug-likeness (QED) is 0.0391. The van der Waals surface area contributed by atoms with Crippen molar-refractivity contribution in [1.82, 2.24) is 0 Å². The van der Waals surface area contributed by atoms with Crippen LogP contribution in [-0.2, 0) is 19.1 Å². The highest BCUT2D eigenvalue weighted by Crippen LogP contribution is 2.34. The summed E-state index contributed by atoms with van der Waals surface area (Å²) in [6.45, 7) is 12.8. The van der Waals surface area contributed by atoms with Gasteiger partial charge in [0.05, 0.1) is 37.6 Å². The van der Waals surface area contributed by atoms with E-state index >= 15 is 0 Å². The van der Waals surface area contributed by atoms with Gasteiger partial charge in [0, 0.05) is 12.8 Å². The molecule has 0 N–H and O–H groups in total. The van der Waals surface area contributed by atoms with Crippen LogP contribution < -0.4 is 18.9 Å². The van der Waals surface area contributed by atoms with E-state index < -0.39 is 11.9 Å². The summed E-state index contributed by atoms with van der Waals surface area (Å²) in [4.78, 5) is 25.0. The minimum Gasteiger partial charge on any atom is -0.493 e. The Bertz CT molecular complexity index is 2260. The van der Waals surface area contributed by atoms with E-state index in [4.69, 9.17) is 28.4 Å². The number of ether oxygens (including phenoxy) is 6. The van der Waals surface area contributed by atoms with Gasteiger partial charge in [0.1, 0.15) is 35.5 Å². The average molecular weight is 779 g/mol. The van der Waals surface area contributed by atoms with Crippen molar-refractivity contribution in [1.29, 1.82) is 0 Å². The molecule has 0 radical (unpaired) electrons. The van der Waals surface area contributed by atoms with Gasteiger partial charge in [-0.05, 0) is 145 Å². The number of fused-ring (bicyclic) bond motifs is 2. The van der Waals surface area contributed by atoms with Crippen molar-refractivity contribution in [3.05, 3.63) is 155 Å². The number of esters is 2. The molecule has 58 heavy (non-hydrogen) atoms. The predicted molar refractivity (Wildman–Crippen MR) is 230 cm³/mol. The van der Waals surface area contributed by atoms with E-state index in [1.165, 1.54) is 12.5 Å². The van der Waals surface area contributed by atoms with Crippen molar-refractivity contribution in [3.63, 3.8) is 0 Å². The molecule has 0 bridgehead atoms. The summed E-state index contributed by atoms with van der Waals surface area (Å²) in [6.07, 6.45) is 3.95. The van der Waals surface area contributed by atoms with Gasteiger partial charge in [0.25, 0.3) is 0 Å². The van der Waals surface area contributed by atoms with Crippen LogP contribution in [0.4, 0.5) is 0 Å². The number of hydrogen-bond acceptors (Lipinski definition) is 8. The number of carbonyl (C=O) groups excluding carboxylic acids is 2. The second-order valence-electron chi connectivity index (χ2n) is 14.4. The van der Waals surface area contributed by atoms with Crippen LogP contribution in [0.15, 0.2) is 133 Å². The van der Waals surface area contributed by atoms with Crippen LogP contribution >= 0.6 is 0 Å². The summed E-state index contributed by atoms with van der Waals surface area (Å²) in [5.41, 5.74) is 7.01. The SMILES string of the molecule is CC(=COc1ccc2ccccc2c1)C(=O)OCCCOc1c(C)cc(-c2cc(C)c(OCCCOC(=O)C(C)=COc3ccc4ccccc4c3)c(C)c2)cc1C. The predicted octanol–water partition coefficient (Wildman–Crippen LogP) is 11.5. The van der Waals surface area contributed by atoms with Crippen molar-refractivity contribution >= 4 is 33.5 Å². The molecular formula is C50H50O8. The summed E-state index contributed by atoms with van der Waals surface area (Å²) < 4.78 is 34.6. The van der Waals surface area contributed by atoms with Crippen LogP contribution in [0, 0.1) is 27.7 Å². The van der Waals surface area contributed by atoms with E-state index in [-0.39, 0.29) is 13.2 Å². The van der Waals surface area contributed by atoms with Gasteiger partial charge in [-0.1, -0.05) is 60.7 Å². The highest BCUT2D eigenvalue weighted by Gasteiger charge is 2.13. The topological polar surface area (TPSA) is 89.5 Å². The van der Waals surface area contributed by atoms with Crippen molar-refractivity contribution in [3.8, 4) is 34.1 Å². The molecule has 0 aliphatic carbocycles. The first-order valence-electron chi connectivity index (χ1n) is 19.5. The second kappa shape index (κ2) is 19.6. The maximum atomic E-state index is 12.5. The molecule has 0 aliphatic heterocycles. The third-order valence-electron chi connectivity index (χ3n) is 9.62. The second-order valence-corrected chi connectivity index (χ2v) is 14.4. The molecule has 0 spiro atoms. The van der Waals surface area contributed by atoms with Crippen molar-refractivity contribution in [2.75, 3.05) is 26.4 Å². The van der Waals surface area contributed by atoms with Crippen LogP contribution in [0.1, 0.15) is 48.9 Å². The lowest BCUT2D eigenvalue weighted by Gasteiger charge is -2.17. The van der Waals surface area contributed by atoms with Crippen LogP contribution in [0.25, 0.3) is 32.7 Å². The largest absolute Gasteiger partial charge is 0.493 e. The van der Waals surface area contributed by atoms with E-state index in [1.54, 1.807) is 13.8 Å². The highest BCUT2D eigenvalue weighted by molar-refractivity contribution is 5.88. The summed E-state index contributed by atoms with van der Waals surface area (Å²) in [5, 5.41) is 4.37. The zero-order chi connectivity index (χ0) is 41.0. The zero-order valence-corrected chi connectivity index (χ0v) is 34.1. The van der Waals surface area contributed by atoms with E-state index in [0.29, 0.717) is 48.7 Å². The lowest BCUT2D eigenvalue weighted by molar-refractivity contribution is -0.140. The first-order chi connectivity index (χ1) is 28.0. The van der Waals surface area contributed by atoms with Gasteiger partial charge in [0.15, 0.2) is 0 Å². The first-order valence-corrected chi connectivity index (χ1v) is 19.5. The molecule has 0 heterocycles. The first kappa shape index (κ1) is 41.1. The minimum absolute atomic E-state index is 0.230. The number of hydrogen-bond donors (Lipinski definition) is 0. The van der Waals surface area contributed by atoms with Gasteiger partial charge in [-0.3, -0.25) is 0 Å². The number of benzene rings is 6. The standard InChI is InChI=1S/C50H50O8/c1-33-25-43(26-34(2)47(33)53-21-11-23-55-49(51)37(5)31-57-45-19-17-39-13-7-9-15-41(39)29-45)44-27-35(3)48(36(4)28-44)54-22-12-24-56-50(52)38(6)32-58-46-20-18-40-14-8-10-16-42(40)30-46/h7-10,13-20,25-32H,11-12,21-24H2,1-6H3. The Morgan fingerprint density at radius 3 is 1.21 bits per heavy atom. The Hall–Kier alpha value is -6.54. The molecule has 0 aliphatic rings. The highest BCUT2D eigenvalue weighted by atomic mass is 16.5. The monoisotopic (exact) mass is 778 g/mol. The van der Waals surface area contributed by atoms with Crippen molar-refractivity contribution in [2.24, 2.45) is 0 Å². The molecule has 298 valence electrons. The van der Waals surface area contributed by atoms with Gasteiger partial charge < -0.3 is 28.4 Å². The van der Waals surface area contributed by atoms with E-state index in [0.717, 1.165) is 66.4 Å². The molecule has 0 unspecified atom stereocenters. The molecule has 0 atom stereocenters.